The zero-order valence-corrected chi connectivity index (χ0v) is 13.5. The number of imide groups is 1. The molecule has 0 saturated heterocycles. The Morgan fingerprint density at radius 2 is 1.50 bits per heavy atom. The zero-order chi connectivity index (χ0) is 17.3. The first-order chi connectivity index (χ1) is 11.5. The van der Waals surface area contributed by atoms with E-state index in [-0.39, 0.29) is 11.8 Å². The number of aliphatic hydroxyl groups excluding tert-OH is 1. The maximum Gasteiger partial charge on any atom is 0.262 e. The van der Waals surface area contributed by atoms with E-state index in [9.17, 15) is 14.7 Å². The van der Waals surface area contributed by atoms with Gasteiger partial charge in [-0.05, 0) is 24.6 Å². The van der Waals surface area contributed by atoms with Gasteiger partial charge in [-0.15, -0.1) is 0 Å². The molecular formula is C20H19NO3. The molecule has 0 fully saturated rings. The van der Waals surface area contributed by atoms with Crippen molar-refractivity contribution >= 4 is 11.8 Å². The van der Waals surface area contributed by atoms with Gasteiger partial charge in [0.25, 0.3) is 11.8 Å². The van der Waals surface area contributed by atoms with Crippen LogP contribution in [0.2, 0.25) is 0 Å². The third kappa shape index (κ3) is 2.76. The quantitative estimate of drug-likeness (QED) is 0.679. The fourth-order valence-corrected chi connectivity index (χ4v) is 2.95. The highest BCUT2D eigenvalue weighted by atomic mass is 16.3. The van der Waals surface area contributed by atoms with Crippen molar-refractivity contribution in [2.45, 2.75) is 25.5 Å². The Morgan fingerprint density at radius 3 is 2.04 bits per heavy atom. The molecule has 0 bridgehead atoms. The molecule has 4 nitrogen and oxygen atoms in total. The van der Waals surface area contributed by atoms with Crippen LogP contribution in [0.4, 0.5) is 0 Å². The number of fused-ring (bicyclic) bond motifs is 1. The summed E-state index contributed by atoms with van der Waals surface area (Å²) in [6.45, 7) is 5.76. The summed E-state index contributed by atoms with van der Waals surface area (Å²) in [7, 11) is 0. The summed E-state index contributed by atoms with van der Waals surface area (Å²) in [6.07, 6.45) is -0.421. The van der Waals surface area contributed by atoms with Crippen LogP contribution >= 0.6 is 0 Å². The van der Waals surface area contributed by atoms with E-state index in [0.717, 1.165) is 5.56 Å². The molecule has 0 aromatic heterocycles. The lowest BCUT2D eigenvalue weighted by Gasteiger charge is -2.26. The molecular weight excluding hydrogens is 302 g/mol. The van der Waals surface area contributed by atoms with Crippen molar-refractivity contribution in [3.8, 4) is 0 Å². The van der Waals surface area contributed by atoms with Crippen molar-refractivity contribution < 1.29 is 14.7 Å². The number of rotatable bonds is 5. The first-order valence-electron chi connectivity index (χ1n) is 7.88. The smallest absolute Gasteiger partial charge is 0.262 e. The second-order valence-electron chi connectivity index (χ2n) is 5.99. The van der Waals surface area contributed by atoms with Gasteiger partial charge in [0, 0.05) is 6.42 Å². The molecule has 4 heteroatoms. The van der Waals surface area contributed by atoms with E-state index in [0.29, 0.717) is 23.1 Å². The number of carbonyl (C=O) groups is 2. The normalized spacial score (nSPS) is 16.0. The minimum absolute atomic E-state index is 0.290. The van der Waals surface area contributed by atoms with Crippen LogP contribution in [0.25, 0.3) is 0 Å². The van der Waals surface area contributed by atoms with Crippen molar-refractivity contribution in [1.82, 2.24) is 4.90 Å². The SMILES string of the molecule is C=C(C[C@H](O)c1ccccc1)[C@@H](C)N1C(=O)c2ccccc2C1=O. The summed E-state index contributed by atoms with van der Waals surface area (Å²) in [6, 6.07) is 15.6. The van der Waals surface area contributed by atoms with E-state index in [2.05, 4.69) is 6.58 Å². The fraction of sp³-hybridized carbons (Fsp3) is 0.200. The third-order valence-corrected chi connectivity index (χ3v) is 4.44. The van der Waals surface area contributed by atoms with Crippen molar-refractivity contribution in [3.63, 3.8) is 0 Å². The van der Waals surface area contributed by atoms with Crippen LogP contribution in [0.5, 0.6) is 0 Å². The van der Waals surface area contributed by atoms with E-state index >= 15 is 0 Å². The third-order valence-electron chi connectivity index (χ3n) is 4.44. The van der Waals surface area contributed by atoms with Crippen LogP contribution in [0.1, 0.15) is 45.7 Å². The predicted molar refractivity (Wildman–Crippen MR) is 91.6 cm³/mol. The molecule has 1 aliphatic heterocycles. The van der Waals surface area contributed by atoms with Gasteiger partial charge in [-0.3, -0.25) is 14.5 Å². The van der Waals surface area contributed by atoms with Crippen molar-refractivity contribution in [1.29, 1.82) is 0 Å². The standard InChI is InChI=1S/C20H19NO3/c1-13(12-18(22)15-8-4-3-5-9-15)14(2)21-19(23)16-10-6-7-11-17(16)20(21)24/h3-11,14,18,22H,1,12H2,2H3/t14-,18+/m1/s1. The predicted octanol–water partition coefficient (Wildman–Crippen LogP) is 3.35. The van der Waals surface area contributed by atoms with Gasteiger partial charge in [0.1, 0.15) is 0 Å². The minimum Gasteiger partial charge on any atom is -0.388 e. The molecule has 0 radical (unpaired) electrons. The van der Waals surface area contributed by atoms with Crippen LogP contribution in [0.15, 0.2) is 66.7 Å². The first kappa shape index (κ1) is 16.1. The second-order valence-corrected chi connectivity index (χ2v) is 5.99. The Kier molecular flexibility index (Phi) is 4.32. The Balaban J connectivity index is 1.75. The molecule has 1 heterocycles. The van der Waals surface area contributed by atoms with Crippen LogP contribution in [0.3, 0.4) is 0 Å². The average Bonchev–Trinajstić information content (AvgIpc) is 2.86. The van der Waals surface area contributed by atoms with Crippen LogP contribution in [-0.4, -0.2) is 27.9 Å². The number of carbonyl (C=O) groups excluding carboxylic acids is 2. The van der Waals surface area contributed by atoms with E-state index in [1.807, 2.05) is 30.3 Å². The van der Waals surface area contributed by atoms with E-state index in [1.165, 1.54) is 4.90 Å². The lowest BCUT2D eigenvalue weighted by molar-refractivity contribution is 0.0610. The zero-order valence-electron chi connectivity index (χ0n) is 13.5. The van der Waals surface area contributed by atoms with Gasteiger partial charge in [-0.1, -0.05) is 54.6 Å². The molecule has 2 aromatic rings. The molecule has 0 saturated carbocycles. The maximum atomic E-state index is 12.5. The van der Waals surface area contributed by atoms with Crippen LogP contribution in [-0.2, 0) is 0 Å². The summed E-state index contributed by atoms with van der Waals surface area (Å²) in [4.78, 5) is 26.2. The van der Waals surface area contributed by atoms with Gasteiger partial charge >= 0.3 is 0 Å². The second kappa shape index (κ2) is 6.42. The number of hydrogen-bond donors (Lipinski definition) is 1. The Hall–Kier alpha value is -2.72. The minimum atomic E-state index is -0.712. The lowest BCUT2D eigenvalue weighted by Crippen LogP contribution is -2.39. The average molecular weight is 321 g/mol. The molecule has 2 aromatic carbocycles. The van der Waals surface area contributed by atoms with Crippen LogP contribution < -0.4 is 0 Å². The van der Waals surface area contributed by atoms with Crippen molar-refractivity contribution in [2.24, 2.45) is 0 Å². The number of hydrogen-bond acceptors (Lipinski definition) is 3. The Morgan fingerprint density at radius 1 is 1.00 bits per heavy atom. The molecule has 3 rings (SSSR count). The molecule has 122 valence electrons. The van der Waals surface area contributed by atoms with Gasteiger partial charge in [-0.2, -0.15) is 0 Å². The number of benzene rings is 2. The highest BCUT2D eigenvalue weighted by molar-refractivity contribution is 6.21. The highest BCUT2D eigenvalue weighted by Gasteiger charge is 2.39. The van der Waals surface area contributed by atoms with Gasteiger partial charge in [0.15, 0.2) is 0 Å². The van der Waals surface area contributed by atoms with Gasteiger partial charge in [-0.25, -0.2) is 0 Å². The summed E-state index contributed by atoms with van der Waals surface area (Å²) in [5.74, 6) is -0.614. The van der Waals surface area contributed by atoms with E-state index < -0.39 is 12.1 Å². The topological polar surface area (TPSA) is 57.6 Å². The van der Waals surface area contributed by atoms with Gasteiger partial charge < -0.3 is 5.11 Å². The highest BCUT2D eigenvalue weighted by Crippen LogP contribution is 2.29. The maximum absolute atomic E-state index is 12.5. The first-order valence-corrected chi connectivity index (χ1v) is 7.88. The van der Waals surface area contributed by atoms with Crippen LogP contribution in [0, 0.1) is 0 Å². The number of amides is 2. The van der Waals surface area contributed by atoms with E-state index in [1.54, 1.807) is 31.2 Å². The molecule has 24 heavy (non-hydrogen) atoms. The summed E-state index contributed by atoms with van der Waals surface area (Å²) in [5.41, 5.74) is 2.27. The van der Waals surface area contributed by atoms with Gasteiger partial charge in [0.05, 0.1) is 23.3 Å². The molecule has 2 amide bonds. The largest absolute Gasteiger partial charge is 0.388 e. The number of aliphatic hydroxyl groups is 1. The number of nitrogens with zero attached hydrogens (tertiary/aromatic N) is 1. The van der Waals surface area contributed by atoms with E-state index in [4.69, 9.17) is 0 Å². The Bertz CT molecular complexity index is 763. The molecule has 2 atom stereocenters. The summed E-state index contributed by atoms with van der Waals surface area (Å²) < 4.78 is 0. The van der Waals surface area contributed by atoms with Gasteiger partial charge in [0.2, 0.25) is 0 Å². The molecule has 1 aliphatic rings. The Labute approximate surface area is 141 Å². The molecule has 1 N–H and O–H groups in total. The summed E-state index contributed by atoms with van der Waals surface area (Å²) in [5, 5.41) is 10.3. The molecule has 0 aliphatic carbocycles. The summed E-state index contributed by atoms with van der Waals surface area (Å²) >= 11 is 0. The molecule has 0 spiro atoms. The fourth-order valence-electron chi connectivity index (χ4n) is 2.95. The lowest BCUT2D eigenvalue weighted by atomic mass is 9.98. The van der Waals surface area contributed by atoms with Crippen molar-refractivity contribution in [3.05, 3.63) is 83.4 Å². The monoisotopic (exact) mass is 321 g/mol. The van der Waals surface area contributed by atoms with Crippen molar-refractivity contribution in [2.75, 3.05) is 0 Å². The molecule has 0 unspecified atom stereocenters.